The number of anilines is 1. The van der Waals surface area contributed by atoms with Gasteiger partial charge in [-0.2, -0.15) is 5.10 Å². The van der Waals surface area contributed by atoms with Crippen molar-refractivity contribution >= 4 is 17.6 Å². The van der Waals surface area contributed by atoms with Crippen LogP contribution < -0.4 is 4.90 Å². The molecular formula is C18H21N7O2. The van der Waals surface area contributed by atoms with Crippen molar-refractivity contribution in [2.24, 2.45) is 0 Å². The Morgan fingerprint density at radius 2 is 1.85 bits per heavy atom. The Hall–Kier alpha value is -3.23. The van der Waals surface area contributed by atoms with Gasteiger partial charge in [0.1, 0.15) is 12.1 Å². The number of hydrogen-bond acceptors (Lipinski definition) is 7. The molecule has 0 aromatic carbocycles. The van der Waals surface area contributed by atoms with E-state index in [0.717, 1.165) is 22.6 Å². The quantitative estimate of drug-likeness (QED) is 0.698. The minimum absolute atomic E-state index is 0.109. The molecule has 4 rings (SSSR count). The summed E-state index contributed by atoms with van der Waals surface area (Å²) in [6, 6.07) is 1.94. The Balaban J connectivity index is 1.53. The largest absolute Gasteiger partial charge is 0.447 e. The number of carbonyl (C=O) groups is 1. The van der Waals surface area contributed by atoms with E-state index in [9.17, 15) is 4.79 Å². The van der Waals surface area contributed by atoms with Crippen LogP contribution in [0, 0.1) is 0 Å². The normalized spacial score (nSPS) is 14.8. The minimum Gasteiger partial charge on any atom is -0.447 e. The van der Waals surface area contributed by atoms with Crippen molar-refractivity contribution < 1.29 is 9.53 Å². The second-order valence-electron chi connectivity index (χ2n) is 6.65. The summed E-state index contributed by atoms with van der Waals surface area (Å²) in [7, 11) is 0. The van der Waals surface area contributed by atoms with E-state index < -0.39 is 0 Å². The zero-order valence-electron chi connectivity index (χ0n) is 15.3. The van der Waals surface area contributed by atoms with Gasteiger partial charge in [0, 0.05) is 55.9 Å². The lowest BCUT2D eigenvalue weighted by atomic mass is 10.2. The van der Waals surface area contributed by atoms with E-state index in [1.807, 2.05) is 26.1 Å². The van der Waals surface area contributed by atoms with E-state index in [4.69, 9.17) is 9.72 Å². The van der Waals surface area contributed by atoms with Crippen LogP contribution in [0.3, 0.4) is 0 Å². The fourth-order valence-corrected chi connectivity index (χ4v) is 3.07. The number of carbonyl (C=O) groups excluding carboxylic acids is 1. The van der Waals surface area contributed by atoms with Gasteiger partial charge in [0.05, 0.1) is 12.3 Å². The molecule has 4 heterocycles. The van der Waals surface area contributed by atoms with Crippen LogP contribution >= 0.6 is 0 Å². The van der Waals surface area contributed by atoms with Gasteiger partial charge >= 0.3 is 6.09 Å². The van der Waals surface area contributed by atoms with Gasteiger partial charge in [-0.3, -0.25) is 0 Å². The van der Waals surface area contributed by atoms with Crippen LogP contribution in [0.4, 0.5) is 10.6 Å². The number of fused-ring (bicyclic) bond motifs is 1. The Bertz CT molecular complexity index is 933. The van der Waals surface area contributed by atoms with Gasteiger partial charge in [0.15, 0.2) is 5.65 Å². The molecule has 0 spiro atoms. The molecule has 1 fully saturated rings. The third-order valence-corrected chi connectivity index (χ3v) is 4.42. The van der Waals surface area contributed by atoms with Gasteiger partial charge in [-0.05, 0) is 19.9 Å². The summed E-state index contributed by atoms with van der Waals surface area (Å²) < 4.78 is 7.01. The summed E-state index contributed by atoms with van der Waals surface area (Å²) in [5.41, 5.74) is 2.51. The molecule has 0 atom stereocenters. The number of nitrogens with zero attached hydrogens (tertiary/aromatic N) is 7. The van der Waals surface area contributed by atoms with Crippen molar-refractivity contribution in [3.05, 3.63) is 37.2 Å². The van der Waals surface area contributed by atoms with Crippen LogP contribution in [0.5, 0.6) is 0 Å². The zero-order chi connectivity index (χ0) is 18.8. The van der Waals surface area contributed by atoms with Gasteiger partial charge < -0.3 is 14.5 Å². The second kappa shape index (κ2) is 7.18. The predicted octanol–water partition coefficient (Wildman–Crippen LogP) is 1.85. The first-order chi connectivity index (χ1) is 13.1. The van der Waals surface area contributed by atoms with Gasteiger partial charge in [-0.15, -0.1) is 0 Å². The molecule has 1 aliphatic heterocycles. The van der Waals surface area contributed by atoms with Crippen molar-refractivity contribution in [1.82, 2.24) is 29.5 Å². The fraction of sp³-hybridized carbons (Fsp3) is 0.389. The highest BCUT2D eigenvalue weighted by atomic mass is 16.6. The van der Waals surface area contributed by atoms with Gasteiger partial charge in [0.25, 0.3) is 0 Å². The molecule has 0 saturated carbocycles. The Labute approximate surface area is 156 Å². The maximum atomic E-state index is 12.0. The molecule has 0 unspecified atom stereocenters. The number of amides is 1. The maximum Gasteiger partial charge on any atom is 0.410 e. The first-order valence-corrected chi connectivity index (χ1v) is 8.92. The predicted molar refractivity (Wildman–Crippen MR) is 99.4 cm³/mol. The average Bonchev–Trinajstić information content (AvgIpc) is 3.11. The summed E-state index contributed by atoms with van der Waals surface area (Å²) in [4.78, 5) is 28.9. The van der Waals surface area contributed by atoms with E-state index in [0.29, 0.717) is 26.2 Å². The molecule has 1 saturated heterocycles. The third kappa shape index (κ3) is 3.53. The number of aromatic nitrogens is 5. The van der Waals surface area contributed by atoms with Crippen molar-refractivity contribution in [1.29, 1.82) is 0 Å². The van der Waals surface area contributed by atoms with Crippen LogP contribution in [0.1, 0.15) is 13.8 Å². The van der Waals surface area contributed by atoms with Gasteiger partial charge in [0.2, 0.25) is 0 Å². The van der Waals surface area contributed by atoms with E-state index in [1.165, 1.54) is 6.33 Å². The molecule has 0 radical (unpaired) electrons. The van der Waals surface area contributed by atoms with Gasteiger partial charge in [-0.1, -0.05) is 0 Å². The second-order valence-corrected chi connectivity index (χ2v) is 6.65. The SMILES string of the molecule is CC(C)OC(=O)N1CCN(c2ccn3ncc(-c4cncnc4)c3n2)CC1. The Morgan fingerprint density at radius 3 is 2.56 bits per heavy atom. The van der Waals surface area contributed by atoms with E-state index in [2.05, 4.69) is 20.0 Å². The lowest BCUT2D eigenvalue weighted by molar-refractivity contribution is 0.0751. The summed E-state index contributed by atoms with van der Waals surface area (Å²) in [5.74, 6) is 0.859. The van der Waals surface area contributed by atoms with Crippen LogP contribution in [-0.2, 0) is 4.74 Å². The molecule has 1 amide bonds. The first kappa shape index (κ1) is 17.2. The fourth-order valence-electron chi connectivity index (χ4n) is 3.07. The molecule has 27 heavy (non-hydrogen) atoms. The van der Waals surface area contributed by atoms with Crippen LogP contribution in [0.2, 0.25) is 0 Å². The topological polar surface area (TPSA) is 88.8 Å². The molecule has 9 nitrogen and oxygen atoms in total. The van der Waals surface area contributed by atoms with Crippen molar-refractivity contribution in [2.75, 3.05) is 31.1 Å². The Morgan fingerprint density at radius 1 is 1.11 bits per heavy atom. The van der Waals surface area contributed by atoms with E-state index >= 15 is 0 Å². The summed E-state index contributed by atoms with van der Waals surface area (Å²) in [6.07, 6.45) is 8.29. The highest BCUT2D eigenvalue weighted by Crippen LogP contribution is 2.24. The molecule has 3 aromatic rings. The molecule has 140 valence electrons. The monoisotopic (exact) mass is 367 g/mol. The average molecular weight is 367 g/mol. The summed E-state index contributed by atoms with van der Waals surface area (Å²) in [5, 5.41) is 4.35. The van der Waals surface area contributed by atoms with Crippen LogP contribution in [0.25, 0.3) is 16.8 Å². The summed E-state index contributed by atoms with van der Waals surface area (Å²) in [6.45, 7) is 6.33. The van der Waals surface area contributed by atoms with Gasteiger partial charge in [-0.25, -0.2) is 24.3 Å². The number of ether oxygens (including phenoxy) is 1. The molecule has 9 heteroatoms. The third-order valence-electron chi connectivity index (χ3n) is 4.42. The van der Waals surface area contributed by atoms with Crippen LogP contribution in [0.15, 0.2) is 37.2 Å². The van der Waals surface area contributed by atoms with E-state index in [1.54, 1.807) is 28.0 Å². The maximum absolute atomic E-state index is 12.0. The number of rotatable bonds is 3. The minimum atomic E-state index is -0.254. The molecule has 3 aromatic heterocycles. The lowest BCUT2D eigenvalue weighted by Gasteiger charge is -2.35. The van der Waals surface area contributed by atoms with Crippen molar-refractivity contribution in [2.45, 2.75) is 20.0 Å². The first-order valence-electron chi connectivity index (χ1n) is 8.92. The van der Waals surface area contributed by atoms with Crippen LogP contribution in [-0.4, -0.2) is 67.8 Å². The number of piperazine rings is 1. The molecule has 0 aliphatic carbocycles. The molecule has 1 aliphatic rings. The lowest BCUT2D eigenvalue weighted by Crippen LogP contribution is -2.49. The molecule has 0 N–H and O–H groups in total. The van der Waals surface area contributed by atoms with Crippen molar-refractivity contribution in [3.8, 4) is 11.1 Å². The highest BCUT2D eigenvalue weighted by Gasteiger charge is 2.24. The molecule has 0 bridgehead atoms. The van der Waals surface area contributed by atoms with Crippen molar-refractivity contribution in [3.63, 3.8) is 0 Å². The smallest absolute Gasteiger partial charge is 0.410 e. The highest BCUT2D eigenvalue weighted by molar-refractivity contribution is 5.76. The zero-order valence-corrected chi connectivity index (χ0v) is 15.3. The Kier molecular flexibility index (Phi) is 4.57. The molecular weight excluding hydrogens is 346 g/mol. The summed E-state index contributed by atoms with van der Waals surface area (Å²) >= 11 is 0. The number of hydrogen-bond donors (Lipinski definition) is 0. The standard InChI is InChI=1S/C18H21N7O2/c1-13(2)27-18(26)24-7-5-23(6-8-24)16-3-4-25-17(22-16)15(11-21-25)14-9-19-12-20-10-14/h3-4,9-13H,5-8H2,1-2H3. The van der Waals surface area contributed by atoms with E-state index in [-0.39, 0.29) is 12.2 Å².